The Morgan fingerprint density at radius 1 is 0.403 bits per heavy atom. The van der Waals surface area contributed by atoms with Crippen molar-refractivity contribution >= 4 is 41.0 Å². The van der Waals surface area contributed by atoms with Gasteiger partial charge < -0.3 is 48.6 Å². The maximum atomic E-state index is 11.3. The number of carbonyl (C=O) groups excluding carboxylic acids is 1. The number of hydrogen-bond acceptors (Lipinski definition) is 23. The molecule has 11 aliphatic rings. The van der Waals surface area contributed by atoms with Crippen molar-refractivity contribution in [1.82, 2.24) is 69.9 Å². The van der Waals surface area contributed by atoms with Crippen molar-refractivity contribution in [3.05, 3.63) is 214 Å². The number of hydrogen-bond donors (Lipinski definition) is 1. The average Bonchev–Trinajstić information content (AvgIpc) is 1.20. The number of anilines is 5. The van der Waals surface area contributed by atoms with Gasteiger partial charge in [-0.25, -0.2) is 34.9 Å². The number of likely N-dealkylation sites (tertiary alicyclic amines) is 1. The third kappa shape index (κ3) is 34.4. The summed E-state index contributed by atoms with van der Waals surface area (Å²) >= 11 is 0. The number of amides is 1. The Bertz CT molecular complexity index is 4900. The molecule has 9 aromatic rings. The Hall–Kier alpha value is -10.0. The minimum Gasteiger partial charge on any atom is -0.480 e. The van der Waals surface area contributed by atoms with Crippen LogP contribution < -0.4 is 34.6 Å². The fourth-order valence-electron chi connectivity index (χ4n) is 18.6. The van der Waals surface area contributed by atoms with Crippen molar-refractivity contribution in [2.45, 2.75) is 313 Å². The van der Waals surface area contributed by atoms with Gasteiger partial charge in [0.15, 0.2) is 0 Å². The van der Waals surface area contributed by atoms with Crippen molar-refractivity contribution in [2.24, 2.45) is 16.8 Å². The highest BCUT2D eigenvalue weighted by molar-refractivity contribution is 6.01. The summed E-state index contributed by atoms with van der Waals surface area (Å²) in [6.07, 6.45) is 39.4. The molecule has 9 aromatic heterocycles. The molecule has 20 rings (SSSR count). The van der Waals surface area contributed by atoms with Crippen molar-refractivity contribution < 1.29 is 18.7 Å². The predicted molar refractivity (Wildman–Crippen MR) is 574 cm³/mol. The van der Waals surface area contributed by atoms with Crippen LogP contribution in [0.15, 0.2) is 150 Å². The van der Waals surface area contributed by atoms with Gasteiger partial charge in [-0.3, -0.25) is 34.5 Å². The predicted octanol–water partition coefficient (Wildman–Crippen LogP) is 23.5. The Balaban J connectivity index is 0.000000150. The van der Waals surface area contributed by atoms with Crippen LogP contribution in [0.3, 0.4) is 0 Å². The fraction of sp³-hybridized carbons (Fsp3) is 0.617. The van der Waals surface area contributed by atoms with Gasteiger partial charge in [-0.1, -0.05) is 168 Å². The monoisotopic (exact) mass is 1900 g/mol. The third-order valence-corrected chi connectivity index (χ3v) is 28.5. The quantitative estimate of drug-likeness (QED) is 0.0705. The molecule has 10 fully saturated rings. The number of carbonyl (C=O) groups is 1. The van der Waals surface area contributed by atoms with Crippen molar-refractivity contribution in [3.63, 3.8) is 0 Å². The first-order chi connectivity index (χ1) is 67.0. The number of piperazine rings is 1. The zero-order chi connectivity index (χ0) is 99.3. The Labute approximate surface area is 836 Å². The lowest BCUT2D eigenvalue weighted by atomic mass is 9.42. The number of rotatable bonds is 21. The Morgan fingerprint density at radius 2 is 0.842 bits per heavy atom. The van der Waals surface area contributed by atoms with E-state index in [9.17, 15) is 4.79 Å². The fourth-order valence-corrected chi connectivity index (χ4v) is 18.6. The molecule has 0 aromatic carbocycles. The normalized spacial score (nSPS) is 18.7. The van der Waals surface area contributed by atoms with Gasteiger partial charge >= 0.3 is 0 Å². The van der Waals surface area contributed by atoms with Gasteiger partial charge in [0.25, 0.3) is 0 Å². The number of aliphatic imine (C=N–C) groups is 1. The number of methoxy groups -OCH3 is 1. The van der Waals surface area contributed by atoms with Gasteiger partial charge in [0.2, 0.25) is 17.7 Å². The number of ether oxygens (including phenoxy) is 2. The molecule has 0 spiro atoms. The molecule has 139 heavy (non-hydrogen) atoms. The van der Waals surface area contributed by atoms with E-state index in [1.807, 2.05) is 66.6 Å². The summed E-state index contributed by atoms with van der Waals surface area (Å²) in [6.45, 7) is 65.4. The second-order valence-corrected chi connectivity index (χ2v) is 42.6. The van der Waals surface area contributed by atoms with E-state index in [2.05, 4.69) is 305 Å². The number of pyridine rings is 6. The van der Waals surface area contributed by atoms with Gasteiger partial charge in [0.1, 0.15) is 40.6 Å². The van der Waals surface area contributed by atoms with Crippen LogP contribution in [-0.2, 0) is 28.0 Å². The second kappa shape index (κ2) is 56.0. The number of morpholine rings is 1. The highest BCUT2D eigenvalue weighted by atomic mass is 16.5. The van der Waals surface area contributed by atoms with Crippen molar-refractivity contribution in [1.29, 1.82) is 0 Å². The molecule has 1 N–H and O–H groups in total. The van der Waals surface area contributed by atoms with E-state index in [4.69, 9.17) is 13.9 Å². The lowest BCUT2D eigenvalue weighted by molar-refractivity contribution is -0.129. The summed E-state index contributed by atoms with van der Waals surface area (Å²) < 4.78 is 16.4. The first kappa shape index (κ1) is 109. The second-order valence-electron chi connectivity index (χ2n) is 42.6. The molecule has 3 saturated carbocycles. The van der Waals surface area contributed by atoms with Crippen LogP contribution in [0.1, 0.15) is 368 Å². The zero-order valence-corrected chi connectivity index (χ0v) is 89.1. The minimum atomic E-state index is 0.165. The molecular weight excluding hydrogens is 1730 g/mol. The van der Waals surface area contributed by atoms with Gasteiger partial charge in [0.05, 0.1) is 56.6 Å². The Morgan fingerprint density at radius 3 is 1.23 bits per heavy atom. The molecule has 8 aliphatic heterocycles. The molecule has 1 amide bonds. The highest BCUT2D eigenvalue weighted by Gasteiger charge is 2.57. The zero-order valence-electron chi connectivity index (χ0n) is 89.1. The Kier molecular flexibility index (Phi) is 44.0. The van der Waals surface area contributed by atoms with E-state index in [0.717, 1.165) is 186 Å². The number of nitrogens with one attached hydrogen (secondary N) is 1. The first-order valence-corrected chi connectivity index (χ1v) is 53.4. The summed E-state index contributed by atoms with van der Waals surface area (Å²) in [5, 5.41) is 3.23. The standard InChI is InChI=1S/C14H21N3O.C14H22N2.C13H21N3.C13H20N2.C13H17N.C12H17N3O.C12H19N3.C12H18N2.C12H19NO2/c1-11(2)13-4-5-14(15-10-13)17-8-6-16(7-9-17)12(3)18;1-11(2)13-4-5-14(15-10-13)16-8-6-12(3)7-9-16;1-11(2)13-9-14-12(8-15-13)10-16-6-4-3-5-7-16;1-11(2)12-6-7-13(14-10-12)15-8-4-3-5-9-15;1-9(2)12-4-3-11(8-14-12)13-5-10(6-13)7-13;1-8(2)10-5-4-9(12(15-10)16-3)11-13-6-7-14-11;1-10(2)11-8-13-12(14-9-11)15-6-4-3-5-7-15;1-10(2)11-5-6-12(13-9-11)14-7-3-4-8-14;1-10(2)12-4-3-11(15-12)9-13-5-7-14-8-6-13/h4-5,10-11H,6-9H2,1-3H3;4-5,10-12H,6-9H2,1-3H3;8-9,11H,3-7,10H2,1-2H3;6-7,10-11H,3-5,8-9H2,1-2H3;3-4,8-10H,5-7H2,1-2H3;4-5,8H,6-7H2,1-3H3,(H,13,14);8-10H,3-7H2,1-2H3;5-6,9-10H,3-4,7-8H2,1-2H3;3-4,10H,5-9H2,1-2H3. The van der Waals surface area contributed by atoms with E-state index in [1.165, 1.54) is 181 Å². The maximum Gasteiger partial charge on any atom is 0.225 e. The number of furan rings is 1. The topological polar surface area (TPSA) is 228 Å². The molecule has 0 atom stereocenters. The van der Waals surface area contributed by atoms with Crippen LogP contribution in [-0.4, -0.2) is 214 Å². The van der Waals surface area contributed by atoms with Crippen LogP contribution >= 0.6 is 0 Å². The molecule has 7 saturated heterocycles. The molecule has 24 nitrogen and oxygen atoms in total. The van der Waals surface area contributed by atoms with Crippen LogP contribution in [0.2, 0.25) is 0 Å². The molecule has 24 heteroatoms. The van der Waals surface area contributed by atoms with Gasteiger partial charge in [-0.2, -0.15) is 0 Å². The number of aromatic nitrogens is 10. The minimum absolute atomic E-state index is 0.165. The first-order valence-electron chi connectivity index (χ1n) is 53.4. The van der Waals surface area contributed by atoms with E-state index in [-0.39, 0.29) is 5.91 Å². The van der Waals surface area contributed by atoms with Crippen molar-refractivity contribution in [3.8, 4) is 5.88 Å². The van der Waals surface area contributed by atoms with Gasteiger partial charge in [0, 0.05) is 179 Å². The molecule has 2 bridgehead atoms. The van der Waals surface area contributed by atoms with Crippen LogP contribution in [0.5, 0.6) is 5.88 Å². The van der Waals surface area contributed by atoms with E-state index >= 15 is 0 Å². The molecule has 3 aliphatic carbocycles. The van der Waals surface area contributed by atoms with Crippen LogP contribution in [0.25, 0.3) is 0 Å². The van der Waals surface area contributed by atoms with E-state index in [1.54, 1.807) is 14.0 Å². The third-order valence-electron chi connectivity index (χ3n) is 28.5. The largest absolute Gasteiger partial charge is 0.480 e. The molecule has 0 radical (unpaired) electrons. The summed E-state index contributed by atoms with van der Waals surface area (Å²) in [5.74, 6) is 15.8. The SMILES string of the molecule is CC(=O)N1CCN(c2ccc(C(C)C)cn2)CC1.CC(C)c1ccc(C23CC(C2)C3)cn1.CC(C)c1ccc(CN2CCOCC2)o1.CC(C)c1ccc(N2CCCC2)nc1.CC(C)c1ccc(N2CCCCC2)nc1.CC(C)c1cnc(CN2CCCCC2)cn1.CC(C)c1cnc(N2CCCCC2)nc1.CC1CCN(c2ccc(C(C)C)cn2)CC1.COc1nc(C(C)C)ccc1C1=NCCN1. The lowest BCUT2D eigenvalue weighted by Crippen LogP contribution is -2.55. The van der Waals surface area contributed by atoms with Gasteiger partial charge in [-0.15, -0.1) is 0 Å². The summed E-state index contributed by atoms with van der Waals surface area (Å²) in [4.78, 5) is 79.1. The lowest BCUT2D eigenvalue weighted by Gasteiger charge is -2.62. The molecule has 17 heterocycles. The smallest absolute Gasteiger partial charge is 0.225 e. The maximum absolute atomic E-state index is 11.3. The molecule has 0 unspecified atom stereocenters. The summed E-state index contributed by atoms with van der Waals surface area (Å²) in [5.41, 5.74) is 13.9. The van der Waals surface area contributed by atoms with E-state index < -0.39 is 0 Å². The van der Waals surface area contributed by atoms with Crippen LogP contribution in [0.4, 0.5) is 29.2 Å². The number of nitrogens with zero attached hydrogens (tertiary/aromatic N) is 19. The highest BCUT2D eigenvalue weighted by Crippen LogP contribution is 2.65. The molecule has 758 valence electrons. The van der Waals surface area contributed by atoms with Gasteiger partial charge in [-0.05, 0) is 262 Å². The summed E-state index contributed by atoms with van der Waals surface area (Å²) in [7, 11) is 1.64. The number of piperidine rings is 4. The number of amidine groups is 1. The molecular formula is C115H174N20O4. The van der Waals surface area contributed by atoms with Crippen molar-refractivity contribution in [2.75, 3.05) is 163 Å². The summed E-state index contributed by atoms with van der Waals surface area (Å²) in [6, 6.07) is 30.1. The average molecular weight is 1900 g/mol. The van der Waals surface area contributed by atoms with E-state index in [0.29, 0.717) is 64.6 Å². The van der Waals surface area contributed by atoms with Crippen LogP contribution in [0, 0.1) is 11.8 Å².